The molecule has 0 aliphatic heterocycles. The smallest absolute Gasteiger partial charge is 0.347 e. The molecule has 1 unspecified atom stereocenters. The molecule has 24 heavy (non-hydrogen) atoms. The van der Waals surface area contributed by atoms with Gasteiger partial charge in [-0.1, -0.05) is 0 Å². The summed E-state index contributed by atoms with van der Waals surface area (Å²) in [5.74, 6) is -3.25. The van der Waals surface area contributed by atoms with Crippen molar-refractivity contribution in [2.24, 2.45) is 0 Å². The monoisotopic (exact) mass is 372 g/mol. The van der Waals surface area contributed by atoms with E-state index < -0.39 is 23.6 Å². The number of aromatic nitrogens is 1. The van der Waals surface area contributed by atoms with Crippen molar-refractivity contribution in [3.8, 4) is 0 Å². The molecule has 1 atom stereocenters. The van der Waals surface area contributed by atoms with Crippen LogP contribution in [0.1, 0.15) is 33.3 Å². The van der Waals surface area contributed by atoms with Gasteiger partial charge >= 0.3 is 5.97 Å². The van der Waals surface area contributed by atoms with Gasteiger partial charge in [-0.25, -0.2) is 18.6 Å². The second-order valence-electron chi connectivity index (χ2n) is 4.93. The number of carbonyl (C=O) groups is 2. The minimum atomic E-state index is -1.05. The van der Waals surface area contributed by atoms with Crippen LogP contribution in [0.15, 0.2) is 23.1 Å². The molecular formula is C15H14F2N2O3S2. The minimum Gasteiger partial charge on any atom is -0.477 e. The molecular weight excluding hydrogens is 358 g/mol. The van der Waals surface area contributed by atoms with Crippen LogP contribution in [0.3, 0.4) is 0 Å². The standard InChI is InChI=1S/C15H14F2N2O3S2/c1-7-13(15(21)22)24-14(19-7)8(2)18-12(20)6-23-9-3-4-10(16)11(17)5-9/h3-5,8H,6H2,1-2H3,(H,18,20)(H,21,22). The van der Waals surface area contributed by atoms with Crippen molar-refractivity contribution in [2.75, 3.05) is 5.75 Å². The number of aromatic carboxylic acids is 1. The van der Waals surface area contributed by atoms with E-state index >= 15 is 0 Å². The fourth-order valence-corrected chi connectivity index (χ4v) is 3.50. The highest BCUT2D eigenvalue weighted by Gasteiger charge is 2.19. The summed E-state index contributed by atoms with van der Waals surface area (Å²) < 4.78 is 25.9. The molecule has 9 heteroatoms. The maximum absolute atomic E-state index is 13.1. The maximum Gasteiger partial charge on any atom is 0.347 e. The number of hydrogen-bond acceptors (Lipinski definition) is 5. The Morgan fingerprint density at radius 1 is 1.38 bits per heavy atom. The highest BCUT2D eigenvalue weighted by Crippen LogP contribution is 2.24. The third-order valence-corrected chi connectivity index (χ3v) is 5.34. The number of thioether (sulfide) groups is 1. The van der Waals surface area contributed by atoms with Crippen molar-refractivity contribution < 1.29 is 23.5 Å². The number of carbonyl (C=O) groups excluding carboxylic acids is 1. The fraction of sp³-hybridized carbons (Fsp3) is 0.267. The number of nitrogens with one attached hydrogen (secondary N) is 1. The quantitative estimate of drug-likeness (QED) is 0.760. The van der Waals surface area contributed by atoms with E-state index in [9.17, 15) is 18.4 Å². The second-order valence-corrected chi connectivity index (χ2v) is 7.00. The van der Waals surface area contributed by atoms with Crippen molar-refractivity contribution in [3.63, 3.8) is 0 Å². The van der Waals surface area contributed by atoms with Gasteiger partial charge in [-0.05, 0) is 32.0 Å². The lowest BCUT2D eigenvalue weighted by atomic mass is 10.3. The highest BCUT2D eigenvalue weighted by molar-refractivity contribution is 8.00. The van der Waals surface area contributed by atoms with Gasteiger partial charge in [0.25, 0.3) is 0 Å². The zero-order valence-electron chi connectivity index (χ0n) is 12.8. The summed E-state index contributed by atoms with van der Waals surface area (Å²) in [6.45, 7) is 3.29. The Labute approximate surface area is 145 Å². The maximum atomic E-state index is 13.1. The fourth-order valence-electron chi connectivity index (χ4n) is 1.86. The van der Waals surface area contributed by atoms with Crippen molar-refractivity contribution in [3.05, 3.63) is 45.4 Å². The Balaban J connectivity index is 1.92. The summed E-state index contributed by atoms with van der Waals surface area (Å²) >= 11 is 2.08. The molecule has 2 N–H and O–H groups in total. The molecule has 0 radical (unpaired) electrons. The number of carboxylic acid groups (broad SMARTS) is 1. The third kappa shape index (κ3) is 4.51. The number of rotatable bonds is 6. The molecule has 0 aliphatic rings. The molecule has 0 spiro atoms. The number of halogens is 2. The van der Waals surface area contributed by atoms with Gasteiger partial charge in [-0.3, -0.25) is 4.79 Å². The average Bonchev–Trinajstić information content (AvgIpc) is 2.91. The summed E-state index contributed by atoms with van der Waals surface area (Å²) in [4.78, 5) is 27.7. The SMILES string of the molecule is Cc1nc(C(C)NC(=O)CSc2ccc(F)c(F)c2)sc1C(=O)O. The number of amides is 1. The third-order valence-electron chi connectivity index (χ3n) is 3.02. The summed E-state index contributed by atoms with van der Waals surface area (Å²) in [6.07, 6.45) is 0. The van der Waals surface area contributed by atoms with E-state index in [0.29, 0.717) is 15.6 Å². The molecule has 2 rings (SSSR count). The van der Waals surface area contributed by atoms with Crippen LogP contribution in [-0.2, 0) is 4.79 Å². The first-order valence-corrected chi connectivity index (χ1v) is 8.66. The molecule has 1 aromatic heterocycles. The highest BCUT2D eigenvalue weighted by atomic mass is 32.2. The lowest BCUT2D eigenvalue weighted by Crippen LogP contribution is -2.28. The van der Waals surface area contributed by atoms with Gasteiger partial charge in [0.05, 0.1) is 17.5 Å². The molecule has 1 heterocycles. The molecule has 2 aromatic rings. The van der Waals surface area contributed by atoms with Crippen molar-refractivity contribution >= 4 is 35.0 Å². The molecule has 0 saturated heterocycles. The van der Waals surface area contributed by atoms with Crippen LogP contribution in [0.4, 0.5) is 8.78 Å². The lowest BCUT2D eigenvalue weighted by molar-refractivity contribution is -0.119. The Kier molecular flexibility index (Phi) is 5.89. The predicted octanol–water partition coefficient (Wildman–Crippen LogP) is 3.40. The number of benzene rings is 1. The Morgan fingerprint density at radius 2 is 2.08 bits per heavy atom. The first-order chi connectivity index (χ1) is 11.3. The molecule has 5 nitrogen and oxygen atoms in total. The van der Waals surface area contributed by atoms with Gasteiger partial charge in [0.1, 0.15) is 9.88 Å². The van der Waals surface area contributed by atoms with E-state index in [1.54, 1.807) is 13.8 Å². The van der Waals surface area contributed by atoms with Crippen LogP contribution in [-0.4, -0.2) is 27.7 Å². The zero-order chi connectivity index (χ0) is 17.9. The topological polar surface area (TPSA) is 79.3 Å². The van der Waals surface area contributed by atoms with E-state index in [0.717, 1.165) is 35.2 Å². The van der Waals surface area contributed by atoms with Crippen molar-refractivity contribution in [1.29, 1.82) is 0 Å². The van der Waals surface area contributed by atoms with Crippen LogP contribution in [0.5, 0.6) is 0 Å². The molecule has 0 bridgehead atoms. The summed E-state index contributed by atoms with van der Waals surface area (Å²) in [7, 11) is 0. The molecule has 128 valence electrons. The van der Waals surface area contributed by atoms with E-state index in [1.807, 2.05) is 0 Å². The lowest BCUT2D eigenvalue weighted by Gasteiger charge is -2.11. The summed E-state index contributed by atoms with van der Waals surface area (Å²) in [5.41, 5.74) is 0.403. The van der Waals surface area contributed by atoms with Gasteiger partial charge in [0, 0.05) is 4.90 Å². The molecule has 0 fully saturated rings. The largest absolute Gasteiger partial charge is 0.477 e. The van der Waals surface area contributed by atoms with E-state index in [4.69, 9.17) is 5.11 Å². The van der Waals surface area contributed by atoms with Crippen LogP contribution in [0.2, 0.25) is 0 Å². The van der Waals surface area contributed by atoms with Crippen LogP contribution >= 0.6 is 23.1 Å². The molecule has 1 aromatic carbocycles. The number of nitrogens with zero attached hydrogens (tertiary/aromatic N) is 1. The summed E-state index contributed by atoms with van der Waals surface area (Å²) in [6, 6.07) is 2.98. The van der Waals surface area contributed by atoms with E-state index in [1.165, 1.54) is 6.07 Å². The van der Waals surface area contributed by atoms with E-state index in [-0.39, 0.29) is 16.5 Å². The molecule has 0 saturated carbocycles. The first kappa shape index (κ1) is 18.3. The average molecular weight is 372 g/mol. The first-order valence-electron chi connectivity index (χ1n) is 6.85. The van der Waals surface area contributed by atoms with Gasteiger partial charge in [-0.2, -0.15) is 0 Å². The van der Waals surface area contributed by atoms with Crippen LogP contribution in [0, 0.1) is 18.6 Å². The molecule has 1 amide bonds. The second kappa shape index (κ2) is 7.71. The van der Waals surface area contributed by atoms with Gasteiger partial charge in [0.2, 0.25) is 5.91 Å². The van der Waals surface area contributed by atoms with Gasteiger partial charge in [-0.15, -0.1) is 23.1 Å². The Bertz CT molecular complexity index is 780. The van der Waals surface area contributed by atoms with Crippen molar-refractivity contribution in [1.82, 2.24) is 10.3 Å². The number of aryl methyl sites for hydroxylation is 1. The normalized spacial score (nSPS) is 12.0. The molecule has 0 aliphatic carbocycles. The number of hydrogen-bond donors (Lipinski definition) is 2. The van der Waals surface area contributed by atoms with Crippen LogP contribution in [0.25, 0.3) is 0 Å². The van der Waals surface area contributed by atoms with Gasteiger partial charge in [0.15, 0.2) is 11.6 Å². The summed E-state index contributed by atoms with van der Waals surface area (Å²) in [5, 5.41) is 12.2. The van der Waals surface area contributed by atoms with Gasteiger partial charge < -0.3 is 10.4 Å². The Hall–Kier alpha value is -2.00. The Morgan fingerprint density at radius 3 is 2.67 bits per heavy atom. The number of thiazole rings is 1. The number of carboxylic acids is 1. The zero-order valence-corrected chi connectivity index (χ0v) is 14.4. The van der Waals surface area contributed by atoms with Crippen LogP contribution < -0.4 is 5.32 Å². The van der Waals surface area contributed by atoms with Crippen molar-refractivity contribution in [2.45, 2.75) is 24.8 Å². The predicted molar refractivity (Wildman–Crippen MR) is 87.5 cm³/mol. The van der Waals surface area contributed by atoms with E-state index in [2.05, 4.69) is 10.3 Å². The minimum absolute atomic E-state index is 0.0194.